The van der Waals surface area contributed by atoms with E-state index < -0.39 is 54.6 Å². The molecule has 17 nitrogen and oxygen atoms in total. The van der Waals surface area contributed by atoms with Crippen molar-refractivity contribution in [2.24, 2.45) is 0 Å². The number of aliphatic hydroxyl groups is 1. The molecule has 0 aliphatic heterocycles. The maximum Gasteiger partial charge on any atom is 0.316 e. The molecule has 0 aliphatic rings. The smallest absolute Gasteiger partial charge is 0.316 e. The van der Waals surface area contributed by atoms with E-state index in [1.807, 2.05) is 6.08 Å². The molecule has 0 amide bonds. The normalized spacial score (nSPS) is 9.68. The maximum absolute atomic E-state index is 10.1. The van der Waals surface area contributed by atoms with E-state index in [0.717, 1.165) is 19.8 Å². The van der Waals surface area contributed by atoms with Crippen molar-refractivity contribution >= 4 is 68.2 Å². The van der Waals surface area contributed by atoms with Gasteiger partial charge in [-0.25, -0.2) is 0 Å². The minimum Gasteiger partial charge on any atom is -0.541 e. The molecule has 0 spiro atoms. The van der Waals surface area contributed by atoms with E-state index in [9.17, 15) is 47.9 Å². The van der Waals surface area contributed by atoms with Gasteiger partial charge in [0.1, 0.15) is 26.8 Å². The fourth-order valence-corrected chi connectivity index (χ4v) is 1.19. The number of carboxylic acids is 2. The third kappa shape index (κ3) is 129. The molecule has 0 aromatic rings. The van der Waals surface area contributed by atoms with Crippen LogP contribution in [0.5, 0.6) is 0 Å². The van der Waals surface area contributed by atoms with Gasteiger partial charge in [0, 0.05) is 59.0 Å². The number of hydrogen-bond acceptors (Lipinski definition) is 15. The molecule has 0 heterocycles. The largest absolute Gasteiger partial charge is 0.541 e. The zero-order valence-corrected chi connectivity index (χ0v) is 33.8. The summed E-state index contributed by atoms with van der Waals surface area (Å²) >= 11 is 0. The van der Waals surface area contributed by atoms with E-state index in [1.54, 1.807) is 24.5 Å². The number of aldehydes is 2. The predicted octanol–water partition coefficient (Wildman–Crippen LogP) is 3.06. The second-order valence-electron chi connectivity index (χ2n) is 7.59. The van der Waals surface area contributed by atoms with Gasteiger partial charge in [0.2, 0.25) is 0 Å². The van der Waals surface area contributed by atoms with Gasteiger partial charge in [-0.15, -0.1) is 12.5 Å². The Labute approximate surface area is 348 Å². The SMILES string of the molecule is COC(=O)CC(=O)O.[2H]C(=O)CC(=O)OC.[2H]CC/C=C/CC(=O)O.[2H]CC/C=C/C[C-]=O.[2H]CCC(=O)OC.[2H]CCC=O.[2H]CCCO.[B]C(=O)CC(=O)OC.[Y]. The number of aliphatic carboxylic acids is 2. The molecular weight excluding hydrogens is 780 g/mol. The molecule has 3 radical (unpaired) electrons. The second-order valence-corrected chi connectivity index (χ2v) is 7.59. The molecule has 0 aliphatic carbocycles. The standard InChI is InChI=1S/C6H10O2.C6H9O.C4H5BO3.C4H6O4.C4H6O3.C4H8O2.C3H8O.C3H6O.Y/c1-2-3-4-5-6(7)8;1-2-3-4-5-6-7;2*1-8-4(7)2-3(5)6;1-7-4(6)2-3-5;1-3-4(5)6-2;2*1-2-3-4;/h3-4H,2,5H2,1H3,(H,7,8);3-4H,2,5H2,1H3;2H2,1H3;2H2,1H3,(H,5,6);3H,2H2,1H3;3H2,1-2H3;4H,2-3H2,1H3;3H,2H2,1H3;/q;-1;;;;;;;/b2*4-3+;;;;;;;/i2*1D;;;3D;3*1D;. The van der Waals surface area contributed by atoms with Gasteiger partial charge in [0.15, 0.2) is 7.85 Å². The van der Waals surface area contributed by atoms with Crippen LogP contribution in [0, 0.1) is 0 Å². The number of carbonyl (C=O) groups is 9. The quantitative estimate of drug-likeness (QED) is 0.0407. The van der Waals surface area contributed by atoms with Gasteiger partial charge in [-0.1, -0.05) is 52.7 Å². The monoisotopic (exact) mass is 844 g/mol. The topological polar surface area (TPSA) is 268 Å². The van der Waals surface area contributed by atoms with Crippen molar-refractivity contribution < 1.29 is 123 Å². The van der Waals surface area contributed by atoms with Crippen LogP contribution >= 0.6 is 0 Å². The first-order chi connectivity index (χ1) is 27.3. The summed E-state index contributed by atoms with van der Waals surface area (Å²) in [6.45, 7) is 1.57. The number of hydrogen-bond donors (Lipinski definition) is 3. The van der Waals surface area contributed by atoms with E-state index in [2.05, 4.69) is 26.8 Å². The number of allylic oxidation sites excluding steroid dienone is 3. The molecule has 0 rings (SSSR count). The number of methoxy groups -OCH3 is 4. The van der Waals surface area contributed by atoms with Crippen LogP contribution in [0.3, 0.4) is 0 Å². The summed E-state index contributed by atoms with van der Waals surface area (Å²) in [5.74, 6) is -4.29. The Balaban J connectivity index is -0.0000000695. The van der Waals surface area contributed by atoms with Gasteiger partial charge in [0.25, 0.3) is 0 Å². The molecule has 0 saturated heterocycles. The summed E-state index contributed by atoms with van der Waals surface area (Å²) in [6.07, 6.45) is 10.0. The number of rotatable bonds is 15. The van der Waals surface area contributed by atoms with Crippen LogP contribution in [0.15, 0.2) is 24.3 Å². The van der Waals surface area contributed by atoms with Crippen LogP contribution in [0.25, 0.3) is 0 Å². The number of esters is 4. The summed E-state index contributed by atoms with van der Waals surface area (Å²) < 4.78 is 55.5. The molecule has 53 heavy (non-hydrogen) atoms. The van der Waals surface area contributed by atoms with Crippen LogP contribution in [-0.4, -0.2) is 119 Å². The first-order valence-electron chi connectivity index (χ1n) is 18.5. The van der Waals surface area contributed by atoms with Crippen molar-refractivity contribution in [1.82, 2.24) is 0 Å². The van der Waals surface area contributed by atoms with Crippen LogP contribution in [0.2, 0.25) is 0 Å². The maximum atomic E-state index is 10.1. The first-order valence-corrected chi connectivity index (χ1v) is 14.5. The van der Waals surface area contributed by atoms with Crippen LogP contribution in [-0.2, 0) is 99.6 Å². The molecule has 19 heteroatoms. The molecule has 0 aromatic carbocycles. The summed E-state index contributed by atoms with van der Waals surface area (Å²) in [7, 11) is 9.46. The Morgan fingerprint density at radius 2 is 1.17 bits per heavy atom. The average molecular weight is 845 g/mol. The second kappa shape index (κ2) is 69.8. The van der Waals surface area contributed by atoms with Crippen LogP contribution in [0.1, 0.15) is 107 Å². The number of aliphatic hydroxyl groups excluding tert-OH is 1. The molecule has 0 aromatic heterocycles. The van der Waals surface area contributed by atoms with E-state index in [4.69, 9.17) is 23.5 Å². The summed E-state index contributed by atoms with van der Waals surface area (Å²) in [5, 5.41) is 24.0. The zero-order valence-electron chi connectivity index (χ0n) is 36.9. The number of ether oxygens (including phenoxy) is 4. The van der Waals surface area contributed by atoms with Crippen molar-refractivity contribution in [3.63, 3.8) is 0 Å². The summed E-state index contributed by atoms with van der Waals surface area (Å²) in [5.41, 5.74) is -0.670. The first kappa shape index (κ1) is 53.5. The molecule has 0 unspecified atom stereocenters. The van der Waals surface area contributed by atoms with Crippen molar-refractivity contribution in [1.29, 1.82) is 0 Å². The predicted molar refractivity (Wildman–Crippen MR) is 192 cm³/mol. The van der Waals surface area contributed by atoms with Gasteiger partial charge in [0.05, 0.1) is 47.0 Å². The van der Waals surface area contributed by atoms with E-state index >= 15 is 0 Å². The van der Waals surface area contributed by atoms with Crippen LogP contribution < -0.4 is 0 Å². The minimum atomic E-state index is -1.17. The Hall–Kier alpha value is -3.89. The minimum absolute atomic E-state index is 0. The molecule has 0 bridgehead atoms. The van der Waals surface area contributed by atoms with Crippen molar-refractivity contribution in [2.75, 3.05) is 35.0 Å². The van der Waals surface area contributed by atoms with Gasteiger partial charge in [-0.3, -0.25) is 35.1 Å². The molecule has 303 valence electrons. The zero-order chi connectivity index (χ0) is 47.0. The van der Waals surface area contributed by atoms with Crippen molar-refractivity contribution in [3.05, 3.63) is 24.3 Å². The van der Waals surface area contributed by atoms with Gasteiger partial charge >= 0.3 is 35.8 Å². The van der Waals surface area contributed by atoms with Gasteiger partial charge in [-0.05, 0) is 19.3 Å². The van der Waals surface area contributed by atoms with Crippen LogP contribution in [0.4, 0.5) is 0 Å². The molecule has 0 fully saturated rings. The molecule has 0 atom stereocenters. The molecule has 0 saturated carbocycles. The third-order valence-electron chi connectivity index (χ3n) is 3.38. The van der Waals surface area contributed by atoms with E-state index in [0.29, 0.717) is 46.4 Å². The summed E-state index contributed by atoms with van der Waals surface area (Å²) in [6, 6.07) is 0. The Kier molecular flexibility index (Phi) is 70.4. The van der Waals surface area contributed by atoms with E-state index in [1.165, 1.54) is 21.3 Å². The van der Waals surface area contributed by atoms with Crippen molar-refractivity contribution in [2.45, 2.75) is 98.7 Å². The van der Waals surface area contributed by atoms with Crippen molar-refractivity contribution in [3.8, 4) is 0 Å². The average Bonchev–Trinajstić information content (AvgIpc) is 3.16. The molecule has 3 N–H and O–H groups in total. The number of carbonyl (C=O) groups excluding carboxylic acids is 8. The third-order valence-corrected chi connectivity index (χ3v) is 3.38. The van der Waals surface area contributed by atoms with Gasteiger partial charge in [-0.2, -0.15) is 0 Å². The van der Waals surface area contributed by atoms with Gasteiger partial charge < -0.3 is 53.4 Å². The Morgan fingerprint density at radius 1 is 0.679 bits per heavy atom. The summed E-state index contributed by atoms with van der Waals surface area (Å²) in [4.78, 5) is 98.3. The number of carboxylic acid groups (broad SMARTS) is 2. The Morgan fingerprint density at radius 3 is 1.38 bits per heavy atom. The van der Waals surface area contributed by atoms with E-state index in [-0.39, 0.29) is 78.3 Å². The Bertz CT molecular complexity index is 1050. The fourth-order valence-electron chi connectivity index (χ4n) is 1.19. The fraction of sp³-hybridized carbons (Fsp3) is 0.588. The molecular formula is C34H58BO17Y-.